The lowest BCUT2D eigenvalue weighted by molar-refractivity contribution is -0.139. The van der Waals surface area contributed by atoms with Crippen molar-refractivity contribution in [2.24, 2.45) is 29.2 Å². The monoisotopic (exact) mass is 998 g/mol. The maximum atomic E-state index is 14.0. The first-order valence-corrected chi connectivity index (χ1v) is 23.5. The normalized spacial score (nSPS) is 14.9. The van der Waals surface area contributed by atoms with Gasteiger partial charge in [0.25, 0.3) is 5.91 Å². The third-order valence-corrected chi connectivity index (χ3v) is 10.5. The van der Waals surface area contributed by atoms with Crippen LogP contribution in [0.2, 0.25) is 0 Å². The number of primary amides is 1. The van der Waals surface area contributed by atoms with Gasteiger partial charge in [-0.05, 0) is 88.0 Å². The standard InChI is InChI=1S/C49H75N9O13/c1-26(2)20-34(52-41(62)33(50)22-30-16-18-32(60)19-17-30)42(63)53-36(23-38(51)61)43(64)55-37(24-59)45(66)56-39(28(5)6)46(67)54-35(21-27(3)4)44(65)57-40(29(7)71-49(8,9)10)47(68)58-48(69)70-25-31-14-12-11-13-15-31/h11-19,26-29,33-37,39-40,59-60H,20-25,50H2,1-10H3,(H2,51,61)(H,52,62)(H,53,63)(H,54,67)(H,55,64)(H,56,66)(H,57,65)(H,58,68,69)/t29-,33+,34+,35+,36+,37+,39+,40+/m1/s1. The van der Waals surface area contributed by atoms with Gasteiger partial charge < -0.3 is 63.1 Å². The van der Waals surface area contributed by atoms with Crippen molar-refractivity contribution in [1.82, 2.24) is 37.2 Å². The number of nitrogens with two attached hydrogens (primary N) is 2. The van der Waals surface area contributed by atoms with Gasteiger partial charge in [-0.25, -0.2) is 4.79 Å². The molecule has 0 spiro atoms. The number of carbonyl (C=O) groups is 9. The molecule has 22 heteroatoms. The zero-order chi connectivity index (χ0) is 53.7. The van der Waals surface area contributed by atoms with Gasteiger partial charge in [-0.3, -0.25) is 43.7 Å². The van der Waals surface area contributed by atoms with Crippen LogP contribution in [0.4, 0.5) is 4.79 Å². The number of phenols is 1. The van der Waals surface area contributed by atoms with Crippen molar-refractivity contribution in [3.8, 4) is 5.75 Å². The molecule has 0 aromatic heterocycles. The molecule has 13 N–H and O–H groups in total. The Hall–Kier alpha value is -6.65. The number of rotatable bonds is 27. The molecule has 2 aromatic carbocycles. The van der Waals surface area contributed by atoms with Crippen LogP contribution < -0.4 is 48.7 Å². The number of alkyl carbamates (subject to hydrolysis) is 1. The molecule has 0 radical (unpaired) electrons. The van der Waals surface area contributed by atoms with Gasteiger partial charge >= 0.3 is 6.09 Å². The van der Waals surface area contributed by atoms with E-state index in [1.807, 2.05) is 0 Å². The molecule has 0 bridgehead atoms. The predicted octanol–water partition coefficient (Wildman–Crippen LogP) is 0.443. The number of hydrogen-bond acceptors (Lipinski definition) is 14. The number of phenolic OH excluding ortho intramolecular Hbond substituents is 1. The number of aliphatic hydroxyl groups is 1. The molecule has 0 unspecified atom stereocenters. The minimum absolute atomic E-state index is 0.0223. The highest BCUT2D eigenvalue weighted by Crippen LogP contribution is 2.16. The Bertz CT molecular complexity index is 2110. The van der Waals surface area contributed by atoms with Crippen LogP contribution in [0.1, 0.15) is 99.6 Å². The number of hydrogen-bond donors (Lipinski definition) is 11. The van der Waals surface area contributed by atoms with E-state index >= 15 is 0 Å². The molecule has 22 nitrogen and oxygen atoms in total. The van der Waals surface area contributed by atoms with Crippen LogP contribution in [0.15, 0.2) is 54.6 Å². The minimum Gasteiger partial charge on any atom is -0.508 e. The second-order valence-electron chi connectivity index (χ2n) is 19.5. The first-order valence-electron chi connectivity index (χ1n) is 23.5. The molecule has 0 saturated heterocycles. The second-order valence-corrected chi connectivity index (χ2v) is 19.5. The molecule has 0 aliphatic carbocycles. The van der Waals surface area contributed by atoms with E-state index in [2.05, 4.69) is 37.2 Å². The summed E-state index contributed by atoms with van der Waals surface area (Å²) in [4.78, 5) is 120. The molecular weight excluding hydrogens is 923 g/mol. The van der Waals surface area contributed by atoms with Crippen molar-refractivity contribution in [3.05, 3.63) is 65.7 Å². The Morgan fingerprint density at radius 3 is 1.58 bits per heavy atom. The molecule has 2 rings (SSSR count). The fourth-order valence-corrected chi connectivity index (χ4v) is 7.08. The Labute approximate surface area is 415 Å². The van der Waals surface area contributed by atoms with Gasteiger partial charge in [-0.15, -0.1) is 0 Å². The third kappa shape index (κ3) is 22.3. The van der Waals surface area contributed by atoms with Crippen LogP contribution in [-0.4, -0.2) is 124 Å². The molecule has 9 amide bonds. The predicted molar refractivity (Wildman–Crippen MR) is 261 cm³/mol. The minimum atomic E-state index is -1.74. The number of carbonyl (C=O) groups excluding carboxylic acids is 9. The van der Waals surface area contributed by atoms with Crippen molar-refractivity contribution in [2.75, 3.05) is 6.61 Å². The Morgan fingerprint density at radius 2 is 1.07 bits per heavy atom. The zero-order valence-corrected chi connectivity index (χ0v) is 42.3. The number of nitrogens with one attached hydrogen (secondary N) is 7. The average Bonchev–Trinajstić information content (AvgIpc) is 3.27. The van der Waals surface area contributed by atoms with Gasteiger partial charge in [0.15, 0.2) is 0 Å². The largest absolute Gasteiger partial charge is 0.508 e. The van der Waals surface area contributed by atoms with Gasteiger partial charge in [0.1, 0.15) is 48.6 Å². The topological polar surface area (TPSA) is 349 Å². The SMILES string of the molecule is CC(C)C[C@H](NC(=O)[C@@H](NC(=O)[C@H](CO)NC(=O)[C@H](CC(N)=O)NC(=O)[C@H](CC(C)C)NC(=O)[C@@H](N)Cc1ccc(O)cc1)C(C)C)C(=O)N[C@H](C(=O)NC(=O)OCc1ccccc1)[C@@H](C)OC(C)(C)C. The summed E-state index contributed by atoms with van der Waals surface area (Å²) in [7, 11) is 0. The lowest BCUT2D eigenvalue weighted by atomic mass is 9.99. The smallest absolute Gasteiger partial charge is 0.414 e. The molecule has 8 atom stereocenters. The number of imide groups is 1. The van der Waals surface area contributed by atoms with Crippen LogP contribution in [-0.2, 0) is 60.9 Å². The van der Waals surface area contributed by atoms with Crippen molar-refractivity contribution < 1.29 is 62.8 Å². The highest BCUT2D eigenvalue weighted by atomic mass is 16.5. The van der Waals surface area contributed by atoms with Crippen LogP contribution >= 0.6 is 0 Å². The van der Waals surface area contributed by atoms with E-state index in [4.69, 9.17) is 20.9 Å². The number of aromatic hydroxyl groups is 1. The van der Waals surface area contributed by atoms with Gasteiger partial charge in [-0.2, -0.15) is 0 Å². The summed E-state index contributed by atoms with van der Waals surface area (Å²) in [5, 5.41) is 37.0. The van der Waals surface area contributed by atoms with E-state index in [1.165, 1.54) is 19.1 Å². The Balaban J connectivity index is 2.25. The molecule has 71 heavy (non-hydrogen) atoms. The molecule has 0 aliphatic heterocycles. The average molecular weight is 998 g/mol. The van der Waals surface area contributed by atoms with E-state index in [0.717, 1.165) is 0 Å². The molecule has 0 saturated carbocycles. The third-order valence-electron chi connectivity index (χ3n) is 10.5. The van der Waals surface area contributed by atoms with Crippen molar-refractivity contribution in [3.63, 3.8) is 0 Å². The summed E-state index contributed by atoms with van der Waals surface area (Å²) < 4.78 is 11.2. The van der Waals surface area contributed by atoms with E-state index in [-0.39, 0.29) is 43.5 Å². The molecular formula is C49H75N9O13. The van der Waals surface area contributed by atoms with E-state index in [9.17, 15) is 53.4 Å². The fourth-order valence-electron chi connectivity index (χ4n) is 7.08. The Kier molecular flexibility index (Phi) is 24.6. The summed E-state index contributed by atoms with van der Waals surface area (Å²) in [5.41, 5.74) is 12.1. The Morgan fingerprint density at radius 1 is 0.592 bits per heavy atom. The van der Waals surface area contributed by atoms with Gasteiger partial charge in [0.05, 0.1) is 30.8 Å². The van der Waals surface area contributed by atoms with Crippen LogP contribution in [0.3, 0.4) is 0 Å². The molecule has 394 valence electrons. The number of benzene rings is 2. The van der Waals surface area contributed by atoms with E-state index < -0.39 is 126 Å². The summed E-state index contributed by atoms with van der Waals surface area (Å²) in [6, 6.07) is 4.85. The van der Waals surface area contributed by atoms with Crippen LogP contribution in [0.25, 0.3) is 0 Å². The number of amides is 9. The van der Waals surface area contributed by atoms with E-state index in [0.29, 0.717) is 11.1 Å². The molecule has 0 heterocycles. The van der Waals surface area contributed by atoms with Crippen molar-refractivity contribution in [1.29, 1.82) is 0 Å². The lowest BCUT2D eigenvalue weighted by Crippen LogP contribution is -2.62. The van der Waals surface area contributed by atoms with Crippen LogP contribution in [0, 0.1) is 17.8 Å². The maximum absolute atomic E-state index is 14.0. The van der Waals surface area contributed by atoms with E-state index in [1.54, 1.807) is 105 Å². The van der Waals surface area contributed by atoms with Crippen molar-refractivity contribution >= 4 is 53.4 Å². The molecule has 0 fully saturated rings. The van der Waals surface area contributed by atoms with Gasteiger partial charge in [-0.1, -0.05) is 84.0 Å². The summed E-state index contributed by atoms with van der Waals surface area (Å²) in [6.45, 7) is 15.9. The first kappa shape index (κ1) is 60.5. The second kappa shape index (κ2) is 28.9. The van der Waals surface area contributed by atoms with Crippen molar-refractivity contribution in [2.45, 2.75) is 156 Å². The molecule has 0 aliphatic rings. The number of aliphatic hydroxyl groups excluding tert-OH is 1. The van der Waals surface area contributed by atoms with Crippen LogP contribution in [0.5, 0.6) is 5.75 Å². The number of ether oxygens (including phenoxy) is 2. The van der Waals surface area contributed by atoms with Gasteiger partial charge in [0, 0.05) is 0 Å². The van der Waals surface area contributed by atoms with Gasteiger partial charge in [0.2, 0.25) is 41.4 Å². The lowest BCUT2D eigenvalue weighted by Gasteiger charge is -2.32. The molecule has 2 aromatic rings. The zero-order valence-electron chi connectivity index (χ0n) is 42.3. The fraction of sp³-hybridized carbons (Fsp3) is 0.571. The maximum Gasteiger partial charge on any atom is 0.414 e. The highest BCUT2D eigenvalue weighted by Gasteiger charge is 2.37. The summed E-state index contributed by atoms with van der Waals surface area (Å²) in [5.74, 6) is -8.36. The first-order chi connectivity index (χ1) is 33.1. The summed E-state index contributed by atoms with van der Waals surface area (Å²) in [6.07, 6.45) is -2.63. The summed E-state index contributed by atoms with van der Waals surface area (Å²) >= 11 is 0. The quantitative estimate of drug-likeness (QED) is 0.0579. The highest BCUT2D eigenvalue weighted by molar-refractivity contribution is 6.00.